The molecule has 25 heavy (non-hydrogen) atoms. The quantitative estimate of drug-likeness (QED) is 0.825. The highest BCUT2D eigenvalue weighted by Gasteiger charge is 2.35. The van der Waals surface area contributed by atoms with Gasteiger partial charge in [-0.25, -0.2) is 8.42 Å². The van der Waals surface area contributed by atoms with Crippen molar-refractivity contribution in [3.8, 4) is 0 Å². The number of hydrogen-bond acceptors (Lipinski definition) is 3. The van der Waals surface area contributed by atoms with Gasteiger partial charge in [0.05, 0.1) is 10.5 Å². The third kappa shape index (κ3) is 3.23. The number of sulfonamides is 1. The molecule has 1 aliphatic rings. The summed E-state index contributed by atoms with van der Waals surface area (Å²) in [6.45, 7) is 1.77. The highest BCUT2D eigenvalue weighted by molar-refractivity contribution is 7.89. The molecule has 0 aromatic heterocycles. The van der Waals surface area contributed by atoms with E-state index in [-0.39, 0.29) is 29.2 Å². The molecule has 1 aliphatic heterocycles. The fraction of sp³-hybridized carbons (Fsp3) is 0.294. The van der Waals surface area contributed by atoms with Gasteiger partial charge in [0.25, 0.3) is 0 Å². The van der Waals surface area contributed by atoms with E-state index < -0.39 is 21.8 Å². The Kier molecular flexibility index (Phi) is 4.28. The lowest BCUT2D eigenvalue weighted by Crippen LogP contribution is -2.36. The smallest absolute Gasteiger partial charge is 0.398 e. The summed E-state index contributed by atoms with van der Waals surface area (Å²) in [5.74, 6) is 0. The number of alkyl halides is 3. The minimum Gasteiger partial charge on any atom is -0.398 e. The van der Waals surface area contributed by atoms with Gasteiger partial charge >= 0.3 is 6.18 Å². The molecule has 0 unspecified atom stereocenters. The van der Waals surface area contributed by atoms with E-state index in [1.165, 1.54) is 11.2 Å². The largest absolute Gasteiger partial charge is 0.416 e. The number of nitrogen functional groups attached to an aromatic ring is 1. The molecule has 0 aliphatic carbocycles. The fourth-order valence-corrected chi connectivity index (χ4v) is 4.65. The van der Waals surface area contributed by atoms with E-state index in [2.05, 4.69) is 0 Å². The van der Waals surface area contributed by atoms with Crippen LogP contribution in [0.3, 0.4) is 0 Å². The van der Waals surface area contributed by atoms with E-state index in [0.717, 1.165) is 17.2 Å². The number of fused-ring (bicyclic) bond motifs is 1. The van der Waals surface area contributed by atoms with Crippen LogP contribution >= 0.6 is 0 Å². The summed E-state index contributed by atoms with van der Waals surface area (Å²) in [5, 5.41) is 0. The molecule has 4 nitrogen and oxygen atoms in total. The van der Waals surface area contributed by atoms with Gasteiger partial charge in [0.15, 0.2) is 0 Å². The highest BCUT2D eigenvalue weighted by Crippen LogP contribution is 2.36. The summed E-state index contributed by atoms with van der Waals surface area (Å²) in [6.07, 6.45) is -4.15. The maximum absolute atomic E-state index is 13.0. The van der Waals surface area contributed by atoms with Crippen molar-refractivity contribution in [3.05, 3.63) is 58.7 Å². The average molecular weight is 370 g/mol. The fourth-order valence-electron chi connectivity index (χ4n) is 2.95. The van der Waals surface area contributed by atoms with Gasteiger partial charge in [-0.3, -0.25) is 0 Å². The van der Waals surface area contributed by atoms with Crippen LogP contribution in [-0.2, 0) is 29.2 Å². The number of benzene rings is 2. The van der Waals surface area contributed by atoms with E-state index in [4.69, 9.17) is 5.73 Å². The van der Waals surface area contributed by atoms with E-state index in [9.17, 15) is 21.6 Å². The maximum Gasteiger partial charge on any atom is 0.416 e. The van der Waals surface area contributed by atoms with Crippen molar-refractivity contribution < 1.29 is 21.6 Å². The molecule has 0 atom stereocenters. The summed E-state index contributed by atoms with van der Waals surface area (Å²) in [7, 11) is -4.09. The van der Waals surface area contributed by atoms with Crippen molar-refractivity contribution in [1.29, 1.82) is 0 Å². The van der Waals surface area contributed by atoms with Crippen LogP contribution in [-0.4, -0.2) is 19.3 Å². The summed E-state index contributed by atoms with van der Waals surface area (Å²) in [5.41, 5.74) is 6.42. The molecule has 0 fully saturated rings. The van der Waals surface area contributed by atoms with E-state index in [1.54, 1.807) is 0 Å². The molecule has 2 aromatic rings. The number of rotatable bonds is 2. The first-order valence-electron chi connectivity index (χ1n) is 7.65. The summed E-state index contributed by atoms with van der Waals surface area (Å²) >= 11 is 0. The second kappa shape index (κ2) is 6.03. The Bertz CT molecular complexity index is 924. The van der Waals surface area contributed by atoms with Crippen LogP contribution in [0.25, 0.3) is 0 Å². The van der Waals surface area contributed by atoms with Crippen molar-refractivity contribution in [1.82, 2.24) is 4.31 Å². The van der Waals surface area contributed by atoms with Gasteiger partial charge in [-0.05, 0) is 42.2 Å². The standard InChI is InChI=1S/C17H17F3N2O2S/c1-11-15(21)8-14(17(18,19)20)9-16(11)25(23,24)22-7-6-12-4-2-3-5-13(12)10-22/h2-5,8-9H,6-7,10,21H2,1H3. The van der Waals surface area contributed by atoms with Gasteiger partial charge in [-0.1, -0.05) is 24.3 Å². The van der Waals surface area contributed by atoms with Gasteiger partial charge in [0.2, 0.25) is 10.0 Å². The SMILES string of the molecule is Cc1c(N)cc(C(F)(F)F)cc1S(=O)(=O)N1CCc2ccccc2C1. The van der Waals surface area contributed by atoms with Crippen molar-refractivity contribution in [2.45, 2.75) is 31.0 Å². The molecule has 2 aromatic carbocycles. The van der Waals surface area contributed by atoms with Crippen LogP contribution in [0.2, 0.25) is 0 Å². The Morgan fingerprint density at radius 2 is 1.76 bits per heavy atom. The molecule has 8 heteroatoms. The third-order valence-corrected chi connectivity index (χ3v) is 6.41. The van der Waals surface area contributed by atoms with Gasteiger partial charge in [0, 0.05) is 18.8 Å². The highest BCUT2D eigenvalue weighted by atomic mass is 32.2. The van der Waals surface area contributed by atoms with Crippen LogP contribution in [0.4, 0.5) is 18.9 Å². The number of hydrogen-bond donors (Lipinski definition) is 1. The van der Waals surface area contributed by atoms with Crippen molar-refractivity contribution in [2.24, 2.45) is 0 Å². The van der Waals surface area contributed by atoms with Crippen LogP contribution in [0.15, 0.2) is 41.3 Å². The number of halogens is 3. The summed E-state index contributed by atoms with van der Waals surface area (Å²) < 4.78 is 66.2. The van der Waals surface area contributed by atoms with Crippen molar-refractivity contribution >= 4 is 15.7 Å². The molecule has 0 saturated carbocycles. The summed E-state index contributed by atoms with van der Waals surface area (Å²) in [6, 6.07) is 8.86. The second-order valence-corrected chi connectivity index (χ2v) is 7.95. The molecule has 1 heterocycles. The van der Waals surface area contributed by atoms with Crippen LogP contribution in [0.5, 0.6) is 0 Å². The molecular formula is C17H17F3N2O2S. The lowest BCUT2D eigenvalue weighted by Gasteiger charge is -2.29. The van der Waals surface area contributed by atoms with Gasteiger partial charge < -0.3 is 5.73 Å². The monoisotopic (exact) mass is 370 g/mol. The third-order valence-electron chi connectivity index (χ3n) is 4.44. The lowest BCUT2D eigenvalue weighted by atomic mass is 10.0. The molecule has 0 saturated heterocycles. The van der Waals surface area contributed by atoms with E-state index in [0.29, 0.717) is 12.5 Å². The first-order valence-corrected chi connectivity index (χ1v) is 9.09. The van der Waals surface area contributed by atoms with Crippen LogP contribution in [0.1, 0.15) is 22.3 Å². The average Bonchev–Trinajstić information content (AvgIpc) is 2.55. The first kappa shape index (κ1) is 17.8. The Morgan fingerprint density at radius 3 is 2.40 bits per heavy atom. The molecule has 2 N–H and O–H groups in total. The Balaban J connectivity index is 2.05. The van der Waals surface area contributed by atoms with Crippen molar-refractivity contribution in [3.63, 3.8) is 0 Å². The lowest BCUT2D eigenvalue weighted by molar-refractivity contribution is -0.137. The summed E-state index contributed by atoms with van der Waals surface area (Å²) in [4.78, 5) is -0.390. The Morgan fingerprint density at radius 1 is 1.12 bits per heavy atom. The van der Waals surface area contributed by atoms with Gasteiger partial charge in [-0.2, -0.15) is 17.5 Å². The minimum absolute atomic E-state index is 0.131. The van der Waals surface area contributed by atoms with E-state index in [1.807, 2.05) is 24.3 Å². The molecule has 0 amide bonds. The number of anilines is 1. The maximum atomic E-state index is 13.0. The topological polar surface area (TPSA) is 63.4 Å². The molecule has 3 rings (SSSR count). The Hall–Kier alpha value is -2.06. The molecule has 0 radical (unpaired) electrons. The number of nitrogens with zero attached hydrogens (tertiary/aromatic N) is 1. The number of nitrogens with two attached hydrogens (primary N) is 1. The van der Waals surface area contributed by atoms with Crippen LogP contribution in [0, 0.1) is 6.92 Å². The normalized spacial score (nSPS) is 15.8. The zero-order valence-corrected chi connectivity index (χ0v) is 14.3. The molecule has 0 spiro atoms. The molecular weight excluding hydrogens is 353 g/mol. The van der Waals surface area contributed by atoms with E-state index >= 15 is 0 Å². The van der Waals surface area contributed by atoms with Gasteiger partial charge in [-0.15, -0.1) is 0 Å². The molecule has 134 valence electrons. The van der Waals surface area contributed by atoms with Crippen LogP contribution < -0.4 is 5.73 Å². The zero-order valence-electron chi connectivity index (χ0n) is 13.5. The minimum atomic E-state index is -4.67. The predicted molar refractivity (Wildman–Crippen MR) is 88.3 cm³/mol. The second-order valence-electron chi connectivity index (χ2n) is 6.04. The zero-order chi connectivity index (χ0) is 18.4. The van der Waals surface area contributed by atoms with Crippen molar-refractivity contribution in [2.75, 3.05) is 12.3 Å². The van der Waals surface area contributed by atoms with Gasteiger partial charge in [0.1, 0.15) is 0 Å². The Labute approximate surface area is 144 Å². The molecule has 0 bridgehead atoms. The first-order chi connectivity index (χ1) is 11.6. The predicted octanol–water partition coefficient (Wildman–Crippen LogP) is 3.34.